The molecule has 2 saturated heterocycles. The van der Waals surface area contributed by atoms with E-state index in [1.54, 1.807) is 13.8 Å². The number of ether oxygens (including phenoxy) is 1. The number of imide groups is 1. The normalized spacial score (nSPS) is 50.6. The fraction of sp³-hybridized carbons (Fsp3) is 0.667. The van der Waals surface area contributed by atoms with Gasteiger partial charge in [-0.2, -0.15) is 0 Å². The van der Waals surface area contributed by atoms with Gasteiger partial charge < -0.3 is 4.74 Å². The van der Waals surface area contributed by atoms with Gasteiger partial charge in [-0.1, -0.05) is 0 Å². The Kier molecular flexibility index (Phi) is 0.655. The van der Waals surface area contributed by atoms with Crippen molar-refractivity contribution < 1.29 is 14.3 Å². The predicted molar refractivity (Wildman–Crippen MR) is 31.0 cm³/mol. The van der Waals surface area contributed by atoms with Gasteiger partial charge in [0.05, 0.1) is 0 Å². The van der Waals surface area contributed by atoms with Crippen molar-refractivity contribution in [1.29, 1.82) is 0 Å². The molecule has 10 heavy (non-hydrogen) atoms. The Hall–Kier alpha value is -0.900. The SMILES string of the molecule is CC12OC1(C)C(=O)NC2=O. The minimum absolute atomic E-state index is 0.319. The van der Waals surface area contributed by atoms with Gasteiger partial charge >= 0.3 is 0 Å². The largest absolute Gasteiger partial charge is 0.342 e. The fourth-order valence-corrected chi connectivity index (χ4v) is 1.25. The Labute approximate surface area is 57.5 Å². The van der Waals surface area contributed by atoms with Crippen molar-refractivity contribution in [3.63, 3.8) is 0 Å². The van der Waals surface area contributed by atoms with Gasteiger partial charge in [-0.25, -0.2) is 0 Å². The molecule has 4 nitrogen and oxygen atoms in total. The molecule has 2 amide bonds. The average Bonchev–Trinajstić information content (AvgIpc) is 2.33. The number of amides is 2. The standard InChI is InChI=1S/C6H7NO3/c1-5-3(8)7-4(9)6(5,2)10-5/h1-2H3,(H,7,8,9). The number of fused-ring (bicyclic) bond motifs is 1. The predicted octanol–water partition coefficient (Wildman–Crippen LogP) is -0.810. The molecular formula is C6H7NO3. The van der Waals surface area contributed by atoms with Crippen LogP contribution in [0, 0.1) is 0 Å². The Morgan fingerprint density at radius 1 is 1.20 bits per heavy atom. The van der Waals surface area contributed by atoms with Crippen molar-refractivity contribution in [1.82, 2.24) is 5.32 Å². The third-order valence-electron chi connectivity index (χ3n) is 2.37. The molecule has 2 aliphatic heterocycles. The van der Waals surface area contributed by atoms with Gasteiger partial charge in [0.25, 0.3) is 11.8 Å². The lowest BCUT2D eigenvalue weighted by Gasteiger charge is -1.96. The van der Waals surface area contributed by atoms with E-state index in [1.165, 1.54) is 0 Å². The smallest absolute Gasteiger partial charge is 0.262 e. The van der Waals surface area contributed by atoms with Crippen molar-refractivity contribution in [2.75, 3.05) is 0 Å². The molecule has 2 aliphatic rings. The number of nitrogens with one attached hydrogen (secondary N) is 1. The molecule has 2 atom stereocenters. The summed E-state index contributed by atoms with van der Waals surface area (Å²) >= 11 is 0. The molecule has 2 unspecified atom stereocenters. The van der Waals surface area contributed by atoms with Gasteiger partial charge in [0, 0.05) is 0 Å². The summed E-state index contributed by atoms with van der Waals surface area (Å²) in [6, 6.07) is 0. The monoisotopic (exact) mass is 141 g/mol. The second kappa shape index (κ2) is 1.12. The summed E-state index contributed by atoms with van der Waals surface area (Å²) in [5.74, 6) is -0.639. The third kappa shape index (κ3) is 0.335. The molecule has 4 heteroatoms. The highest BCUT2D eigenvalue weighted by molar-refractivity contribution is 6.16. The number of hydrogen-bond acceptors (Lipinski definition) is 3. The fourth-order valence-electron chi connectivity index (χ4n) is 1.25. The first-order chi connectivity index (χ1) is 4.51. The van der Waals surface area contributed by atoms with Crippen LogP contribution in [0.25, 0.3) is 0 Å². The van der Waals surface area contributed by atoms with Gasteiger partial charge in [-0.05, 0) is 13.8 Å². The van der Waals surface area contributed by atoms with Crippen molar-refractivity contribution in [2.24, 2.45) is 0 Å². The van der Waals surface area contributed by atoms with Crippen LogP contribution in [0.4, 0.5) is 0 Å². The van der Waals surface area contributed by atoms with Crippen LogP contribution in [0.5, 0.6) is 0 Å². The van der Waals surface area contributed by atoms with E-state index in [1.807, 2.05) is 0 Å². The van der Waals surface area contributed by atoms with E-state index < -0.39 is 11.2 Å². The highest BCUT2D eigenvalue weighted by Crippen LogP contribution is 2.51. The zero-order valence-corrected chi connectivity index (χ0v) is 5.72. The molecule has 0 spiro atoms. The molecule has 54 valence electrons. The van der Waals surface area contributed by atoms with Gasteiger partial charge in [-0.3, -0.25) is 14.9 Å². The topological polar surface area (TPSA) is 58.7 Å². The summed E-state index contributed by atoms with van der Waals surface area (Å²) in [5, 5.41) is 2.19. The first-order valence-corrected chi connectivity index (χ1v) is 3.07. The van der Waals surface area contributed by atoms with E-state index in [4.69, 9.17) is 4.74 Å². The maximum atomic E-state index is 10.9. The van der Waals surface area contributed by atoms with Crippen molar-refractivity contribution in [3.05, 3.63) is 0 Å². The van der Waals surface area contributed by atoms with Crippen LogP contribution in [-0.2, 0) is 14.3 Å². The zero-order valence-electron chi connectivity index (χ0n) is 5.72. The lowest BCUT2D eigenvalue weighted by atomic mass is 10.00. The summed E-state index contributed by atoms with van der Waals surface area (Å²) in [6.45, 7) is 3.24. The molecule has 0 aromatic heterocycles. The maximum absolute atomic E-state index is 10.9. The van der Waals surface area contributed by atoms with Crippen LogP contribution in [0.3, 0.4) is 0 Å². The minimum Gasteiger partial charge on any atom is -0.342 e. The summed E-state index contributed by atoms with van der Waals surface area (Å²) in [6.07, 6.45) is 0. The Morgan fingerprint density at radius 3 is 1.70 bits per heavy atom. The second-order valence-corrected chi connectivity index (χ2v) is 2.95. The van der Waals surface area contributed by atoms with Crippen molar-refractivity contribution in [2.45, 2.75) is 25.0 Å². The molecule has 0 bridgehead atoms. The van der Waals surface area contributed by atoms with Crippen molar-refractivity contribution >= 4 is 11.8 Å². The summed E-state index contributed by atoms with van der Waals surface area (Å²) in [7, 11) is 0. The average molecular weight is 141 g/mol. The summed E-state index contributed by atoms with van der Waals surface area (Å²) in [5.41, 5.74) is -1.74. The second-order valence-electron chi connectivity index (χ2n) is 2.95. The van der Waals surface area contributed by atoms with Gasteiger partial charge in [0.15, 0.2) is 11.2 Å². The quantitative estimate of drug-likeness (QED) is 0.354. The molecule has 2 fully saturated rings. The molecule has 2 heterocycles. The first kappa shape index (κ1) is 5.85. The zero-order chi connectivity index (χ0) is 7.57. The van der Waals surface area contributed by atoms with Crippen LogP contribution in [-0.4, -0.2) is 23.0 Å². The molecule has 1 N–H and O–H groups in total. The lowest BCUT2D eigenvalue weighted by Crippen LogP contribution is -2.31. The molecule has 0 aromatic rings. The highest BCUT2D eigenvalue weighted by Gasteiger charge is 2.78. The van der Waals surface area contributed by atoms with E-state index in [0.717, 1.165) is 0 Å². The van der Waals surface area contributed by atoms with Crippen LogP contribution in [0.1, 0.15) is 13.8 Å². The van der Waals surface area contributed by atoms with E-state index in [9.17, 15) is 9.59 Å². The molecule has 0 saturated carbocycles. The Balaban J connectivity index is 2.47. The number of rotatable bonds is 0. The number of hydrogen-bond donors (Lipinski definition) is 1. The van der Waals surface area contributed by atoms with Crippen molar-refractivity contribution in [3.8, 4) is 0 Å². The third-order valence-corrected chi connectivity index (χ3v) is 2.37. The van der Waals surface area contributed by atoms with Crippen LogP contribution in [0.2, 0.25) is 0 Å². The Bertz CT molecular complexity index is 225. The number of epoxide rings is 1. The molecule has 0 aliphatic carbocycles. The molecule has 0 aromatic carbocycles. The Morgan fingerprint density at radius 2 is 1.60 bits per heavy atom. The highest BCUT2D eigenvalue weighted by atomic mass is 16.6. The van der Waals surface area contributed by atoms with Crippen LogP contribution >= 0.6 is 0 Å². The van der Waals surface area contributed by atoms with Crippen LogP contribution in [0.15, 0.2) is 0 Å². The molecular weight excluding hydrogens is 134 g/mol. The molecule has 0 radical (unpaired) electrons. The van der Waals surface area contributed by atoms with E-state index in [2.05, 4.69) is 5.32 Å². The first-order valence-electron chi connectivity index (χ1n) is 3.07. The number of carbonyl (C=O) groups excluding carboxylic acids is 2. The molecule has 2 rings (SSSR count). The van der Waals surface area contributed by atoms with Gasteiger partial charge in [0.2, 0.25) is 0 Å². The minimum atomic E-state index is -0.871. The summed E-state index contributed by atoms with van der Waals surface area (Å²) < 4.78 is 4.99. The number of morpholine rings is 1. The van der Waals surface area contributed by atoms with E-state index in [0.29, 0.717) is 0 Å². The maximum Gasteiger partial charge on any atom is 0.262 e. The van der Waals surface area contributed by atoms with E-state index >= 15 is 0 Å². The number of carbonyl (C=O) groups is 2. The summed E-state index contributed by atoms with van der Waals surface area (Å²) in [4.78, 5) is 21.8. The lowest BCUT2D eigenvalue weighted by molar-refractivity contribution is -0.133. The van der Waals surface area contributed by atoms with Crippen LogP contribution < -0.4 is 5.32 Å². The van der Waals surface area contributed by atoms with Gasteiger partial charge in [-0.15, -0.1) is 0 Å². The van der Waals surface area contributed by atoms with E-state index in [-0.39, 0.29) is 11.8 Å². The van der Waals surface area contributed by atoms with Gasteiger partial charge in [0.1, 0.15) is 0 Å².